The lowest BCUT2D eigenvalue weighted by Gasteiger charge is -2.47. The number of carbonyl (C=O) groups excluding carboxylic acids is 16. The number of hydrogen-bond acceptors (Lipinski definition) is 16. The van der Waals surface area contributed by atoms with Gasteiger partial charge in [-0.2, -0.15) is 0 Å². The number of hydrogen-bond donors (Lipinski definition) is 0. The van der Waals surface area contributed by atoms with Crippen LogP contribution in [0.2, 0.25) is 0 Å². The molecule has 0 unspecified atom stereocenters. The maximum absolute atomic E-state index is 15.4. The van der Waals surface area contributed by atoms with Crippen molar-refractivity contribution < 1.29 is 76.7 Å². The molecular weight excluding hydrogens is 1330 g/mol. The average Bonchev–Trinajstić information content (AvgIpc) is 0.715. The van der Waals surface area contributed by atoms with E-state index in [1.54, 1.807) is 0 Å². The van der Waals surface area contributed by atoms with Crippen LogP contribution in [0.15, 0.2) is 97.1 Å². The van der Waals surface area contributed by atoms with Gasteiger partial charge in [0.05, 0.1) is 48.3 Å². The fourth-order valence-corrected chi connectivity index (χ4v) is 20.8. The van der Waals surface area contributed by atoms with Crippen molar-refractivity contribution in [3.8, 4) is 0 Å². The van der Waals surface area contributed by atoms with Crippen LogP contribution in [0.25, 0.3) is 43.1 Å². The molecule has 8 aromatic carbocycles. The average molecular weight is 1390 g/mol. The minimum Gasteiger partial charge on any atom is -0.269 e. The lowest BCUT2D eigenvalue weighted by atomic mass is 9.79. The summed E-state index contributed by atoms with van der Waals surface area (Å²) in [5.41, 5.74) is -0.244. The van der Waals surface area contributed by atoms with Gasteiger partial charge in [-0.3, -0.25) is 116 Å². The molecule has 32 aliphatic heterocycles. The fraction of sp³-hybridized carbons (Fsp3) is 0.300. The molecule has 24 nitrogen and oxygen atoms in total. The van der Waals surface area contributed by atoms with E-state index in [0.29, 0.717) is 51.4 Å². The fourth-order valence-electron chi connectivity index (χ4n) is 20.8. The van der Waals surface area contributed by atoms with Crippen molar-refractivity contribution in [2.45, 2.75) is 151 Å². The van der Waals surface area contributed by atoms with Crippen molar-refractivity contribution in [3.05, 3.63) is 186 Å². The van der Waals surface area contributed by atoms with E-state index in [2.05, 4.69) is 0 Å². The van der Waals surface area contributed by atoms with Crippen molar-refractivity contribution in [1.82, 2.24) is 39.2 Å². The molecule has 44 rings (SSSR count). The summed E-state index contributed by atoms with van der Waals surface area (Å²) in [6.07, 6.45) is 5.32. The van der Waals surface area contributed by atoms with Gasteiger partial charge in [-0.25, -0.2) is 0 Å². The van der Waals surface area contributed by atoms with Crippen molar-refractivity contribution in [3.63, 3.8) is 0 Å². The summed E-state index contributed by atoms with van der Waals surface area (Å²) >= 11 is 0. The summed E-state index contributed by atoms with van der Waals surface area (Å²) < 4.78 is 0. The summed E-state index contributed by atoms with van der Waals surface area (Å²) in [5, 5.41) is 0.457. The first-order chi connectivity index (χ1) is 50.4. The molecule has 8 aromatic rings. The predicted molar refractivity (Wildman–Crippen MR) is 364 cm³/mol. The zero-order valence-electron chi connectivity index (χ0n) is 55.3. The van der Waals surface area contributed by atoms with Crippen LogP contribution in [-0.4, -0.2) is 182 Å². The van der Waals surface area contributed by atoms with Crippen molar-refractivity contribution in [2.75, 3.05) is 0 Å². The van der Waals surface area contributed by atoms with E-state index < -0.39 is 143 Å². The highest BCUT2D eigenvalue weighted by molar-refractivity contribution is 6.38. The third kappa shape index (κ3) is 7.31. The Balaban J connectivity index is 0.703. The Bertz CT molecular complexity index is 4480. The lowest BCUT2D eigenvalue weighted by Crippen LogP contribution is -2.62. The van der Waals surface area contributed by atoms with Crippen LogP contribution in [-0.2, 0) is 0 Å². The van der Waals surface area contributed by atoms with Gasteiger partial charge in [-0.15, -0.1) is 0 Å². The van der Waals surface area contributed by atoms with Gasteiger partial charge in [-0.1, -0.05) is 51.4 Å². The molecular formula is C80H56N8O16. The van der Waals surface area contributed by atoms with Crippen LogP contribution in [0.4, 0.5) is 0 Å². The number of nitrogens with zero attached hydrogens (tertiary/aromatic N) is 8. The Morgan fingerprint density at radius 1 is 0.144 bits per heavy atom. The first-order valence-corrected chi connectivity index (χ1v) is 35.8. The Morgan fingerprint density at radius 3 is 0.298 bits per heavy atom. The van der Waals surface area contributed by atoms with Gasteiger partial charge in [0.2, 0.25) is 0 Å². The number of amides is 16. The second kappa shape index (κ2) is 20.8. The van der Waals surface area contributed by atoms with E-state index in [1.807, 2.05) is 0 Å². The monoisotopic (exact) mass is 1380 g/mol. The van der Waals surface area contributed by atoms with Crippen LogP contribution in [0.1, 0.15) is 268 Å². The summed E-state index contributed by atoms with van der Waals surface area (Å²) in [6, 6.07) is 13.9. The van der Waals surface area contributed by atoms with E-state index in [4.69, 9.17) is 0 Å². The molecule has 24 heteroatoms. The number of imide groups is 8. The van der Waals surface area contributed by atoms with Crippen LogP contribution in [0, 0.1) is 0 Å². The van der Waals surface area contributed by atoms with Gasteiger partial charge in [-0.05, 0) is 148 Å². The van der Waals surface area contributed by atoms with Crippen LogP contribution in [0.5, 0.6) is 0 Å². The topological polar surface area (TPSA) is 299 Å². The quantitative estimate of drug-likeness (QED) is 0.128. The summed E-state index contributed by atoms with van der Waals surface area (Å²) in [4.78, 5) is 255. The molecule has 16 amide bonds. The highest BCUT2D eigenvalue weighted by Gasteiger charge is 2.56. The molecule has 0 N–H and O–H groups in total. The minimum atomic E-state index is -1.08. The Morgan fingerprint density at radius 2 is 0.221 bits per heavy atom. The molecule has 32 bridgehead atoms. The molecule has 0 saturated heterocycles. The maximum Gasteiger partial charge on any atom is 0.261 e. The highest BCUT2D eigenvalue weighted by atomic mass is 16.2. The third-order valence-electron chi connectivity index (χ3n) is 25.3. The smallest absolute Gasteiger partial charge is 0.261 e. The Hall–Kier alpha value is -12.1. The standard InChI is InChI=1S/C80H56N8O16/c89-65-33-17-19-37-59-38-20-18-34(57(33)59)66(90)81(65)49-9-1-2-10-50(49)82-67(91)35-21-23-39-60-40(24-22-36(58(35)60)68(82)92)72(96)84(71(39)95)53-13-5-6-14-54(53)86-75(99)43-29-31-47-64-48(32-30-44(62(43)64)76(86)100)80(104)88(79(47)103)56-16-8-7-15-55(56)87-77(101)45-27-25-41-61-42(26-28-46(63(45)61)78(87)102)74(98)85(73(41)97)52-12-4-3-11-51(52)83(69(37)93)70(38)94/h17-32,49-56H,1-16H2/t49-,50-,51-,52-,53-,54-,55-,56-/m0/s1. The number of rotatable bonds is 0. The van der Waals surface area contributed by atoms with Gasteiger partial charge >= 0.3 is 0 Å². The summed E-state index contributed by atoms with van der Waals surface area (Å²) in [5.74, 6) is -12.6. The molecule has 36 aliphatic rings. The normalized spacial score (nSPS) is 26.0. The molecule has 4 fully saturated rings. The second-order valence-electron chi connectivity index (χ2n) is 29.8. The van der Waals surface area contributed by atoms with Gasteiger partial charge in [0.1, 0.15) is 0 Å². The van der Waals surface area contributed by atoms with Crippen LogP contribution >= 0.6 is 0 Å². The second-order valence-corrected chi connectivity index (χ2v) is 29.8. The minimum absolute atomic E-state index is 0.0152. The maximum atomic E-state index is 15.4. The lowest BCUT2D eigenvalue weighted by molar-refractivity contribution is 0.0234. The summed E-state index contributed by atoms with van der Waals surface area (Å²) in [7, 11) is 0. The van der Waals surface area contributed by atoms with E-state index in [9.17, 15) is 0 Å². The van der Waals surface area contributed by atoms with Gasteiger partial charge in [0.15, 0.2) is 0 Å². The largest absolute Gasteiger partial charge is 0.269 e. The molecule has 512 valence electrons. The van der Waals surface area contributed by atoms with E-state index in [-0.39, 0.29) is 183 Å². The molecule has 0 spiro atoms. The molecule has 8 atom stereocenters. The van der Waals surface area contributed by atoms with Crippen molar-refractivity contribution >= 4 is 138 Å². The molecule has 4 saturated carbocycles. The van der Waals surface area contributed by atoms with Crippen LogP contribution < -0.4 is 0 Å². The number of benzene rings is 8. The molecule has 0 aromatic heterocycles. The van der Waals surface area contributed by atoms with Gasteiger partial charge < -0.3 is 0 Å². The molecule has 32 heterocycles. The van der Waals surface area contributed by atoms with Crippen molar-refractivity contribution in [2.24, 2.45) is 0 Å². The van der Waals surface area contributed by atoms with Crippen molar-refractivity contribution in [1.29, 1.82) is 0 Å². The van der Waals surface area contributed by atoms with E-state index in [1.165, 1.54) is 97.1 Å². The first kappa shape index (κ1) is 60.7. The van der Waals surface area contributed by atoms with E-state index in [0.717, 1.165) is 39.2 Å². The molecule has 104 heavy (non-hydrogen) atoms. The molecule has 0 radical (unpaired) electrons. The molecule has 4 aliphatic carbocycles. The predicted octanol–water partition coefficient (Wildman–Crippen LogP) is 9.43. The van der Waals surface area contributed by atoms with Crippen LogP contribution in [0.3, 0.4) is 0 Å². The SMILES string of the molecule is O=C1c2ccc3c4c5ccc(c24)C(=O)N1[C@H]1CCCC[C@@H]1N1C(=O)c2ccc4c6c(ccc(c26)C1=O)C(=O)N(C4=O)[C@H]1CCCC[C@@H]1N1C(=O)c2ccc4c6c(ccc(c26)C1=O)C(=O)N(C4=O)[C@H]1CCCC[C@@H]1N1C(=O)c2ccc4c6c(ccc(c26)C1=O)C(=O)N(C4=O)[C@H]1CCCC[C@@H]1N(C3=O)C5=O. The zero-order valence-corrected chi connectivity index (χ0v) is 55.3. The highest BCUT2D eigenvalue weighted by Crippen LogP contribution is 2.50. The Kier molecular flexibility index (Phi) is 12.1. The summed E-state index contributed by atoms with van der Waals surface area (Å²) in [6.45, 7) is 0. The number of carbonyl (C=O) groups is 16. The van der Waals surface area contributed by atoms with Gasteiger partial charge in [0.25, 0.3) is 94.5 Å². The first-order valence-electron chi connectivity index (χ1n) is 35.8. The van der Waals surface area contributed by atoms with Gasteiger partial charge in [0, 0.05) is 132 Å². The third-order valence-corrected chi connectivity index (χ3v) is 25.3. The Labute approximate surface area is 588 Å². The van der Waals surface area contributed by atoms with E-state index >= 15 is 76.7 Å². The zero-order chi connectivity index (χ0) is 71.0.